The van der Waals surface area contributed by atoms with E-state index in [2.05, 4.69) is 59.4 Å². The molecule has 0 unspecified atom stereocenters. The molecular formula is C20H24BrN3O3. The van der Waals surface area contributed by atoms with Gasteiger partial charge in [0.05, 0.1) is 6.21 Å². The van der Waals surface area contributed by atoms with Crippen molar-refractivity contribution < 1.29 is 14.3 Å². The molecule has 3 N–H and O–H groups in total. The molecule has 0 aromatic heterocycles. The van der Waals surface area contributed by atoms with E-state index >= 15 is 0 Å². The molecule has 2 aromatic carbocycles. The summed E-state index contributed by atoms with van der Waals surface area (Å²) in [5.74, 6) is 1.43. The van der Waals surface area contributed by atoms with Gasteiger partial charge in [-0.2, -0.15) is 5.10 Å². The van der Waals surface area contributed by atoms with Crippen molar-refractivity contribution in [2.24, 2.45) is 10.8 Å². The molecule has 2 rings (SSSR count). The second-order valence-corrected chi connectivity index (χ2v) is 7.80. The number of hydrazone groups is 1. The molecule has 0 aliphatic rings. The number of ether oxygens (including phenoxy) is 2. The first-order valence-electron chi connectivity index (χ1n) is 8.50. The van der Waals surface area contributed by atoms with E-state index in [1.165, 1.54) is 11.8 Å². The van der Waals surface area contributed by atoms with Crippen molar-refractivity contribution in [1.29, 1.82) is 0 Å². The van der Waals surface area contributed by atoms with Crippen LogP contribution in [0.2, 0.25) is 0 Å². The van der Waals surface area contributed by atoms with Crippen molar-refractivity contribution in [3.63, 3.8) is 0 Å². The summed E-state index contributed by atoms with van der Waals surface area (Å²) in [4.78, 5) is 10.7. The lowest BCUT2D eigenvalue weighted by molar-refractivity contribution is 0.217. The number of hydrogen-bond donors (Lipinski definition) is 2. The van der Waals surface area contributed by atoms with E-state index in [0.717, 1.165) is 10.2 Å². The molecule has 0 fully saturated rings. The Hall–Kier alpha value is -2.54. The summed E-state index contributed by atoms with van der Waals surface area (Å²) in [5.41, 5.74) is 9.22. The fourth-order valence-corrected chi connectivity index (χ4v) is 2.66. The third kappa shape index (κ3) is 6.94. The highest BCUT2D eigenvalue weighted by atomic mass is 79.9. The van der Waals surface area contributed by atoms with Gasteiger partial charge in [0.25, 0.3) is 0 Å². The number of rotatable bonds is 7. The molecule has 7 heteroatoms. The van der Waals surface area contributed by atoms with Gasteiger partial charge in [-0.15, -0.1) is 0 Å². The Labute approximate surface area is 167 Å². The van der Waals surface area contributed by atoms with Gasteiger partial charge in [0.2, 0.25) is 0 Å². The number of urea groups is 1. The molecular weight excluding hydrogens is 410 g/mol. The molecule has 0 spiro atoms. The highest BCUT2D eigenvalue weighted by Gasteiger charge is 2.12. The summed E-state index contributed by atoms with van der Waals surface area (Å²) >= 11 is 3.40. The van der Waals surface area contributed by atoms with Crippen LogP contribution in [0, 0.1) is 0 Å². The second-order valence-electron chi connectivity index (χ2n) is 6.89. The van der Waals surface area contributed by atoms with Gasteiger partial charge in [-0.25, -0.2) is 10.2 Å². The number of carbonyl (C=O) groups excluding carboxylic acids is 1. The lowest BCUT2D eigenvalue weighted by Crippen LogP contribution is -2.24. The minimum atomic E-state index is -0.727. The first-order chi connectivity index (χ1) is 12.8. The van der Waals surface area contributed by atoms with Gasteiger partial charge in [-0.1, -0.05) is 48.8 Å². The summed E-state index contributed by atoms with van der Waals surface area (Å²) in [6.45, 7) is 7.30. The molecule has 6 nitrogen and oxygen atoms in total. The number of nitrogens with zero attached hydrogens (tertiary/aromatic N) is 1. The predicted molar refractivity (Wildman–Crippen MR) is 111 cm³/mol. The number of nitrogens with two attached hydrogens (primary N) is 1. The summed E-state index contributed by atoms with van der Waals surface area (Å²) in [7, 11) is 0. The molecule has 0 aliphatic carbocycles. The normalized spacial score (nSPS) is 11.4. The Kier molecular flexibility index (Phi) is 7.24. The van der Waals surface area contributed by atoms with E-state index in [0.29, 0.717) is 24.5 Å². The molecule has 0 heterocycles. The number of carbonyl (C=O) groups is 1. The maximum Gasteiger partial charge on any atom is 0.332 e. The zero-order chi connectivity index (χ0) is 19.9. The molecule has 0 saturated carbocycles. The maximum atomic E-state index is 10.7. The van der Waals surface area contributed by atoms with Crippen LogP contribution in [0.15, 0.2) is 52.0 Å². The SMILES string of the molecule is CC(C)(C)c1ccc(OCCOc2ccc(Br)cc2/C=N/NC(N)=O)cc1. The van der Waals surface area contributed by atoms with Crippen molar-refractivity contribution in [2.75, 3.05) is 13.2 Å². The van der Waals surface area contributed by atoms with E-state index in [1.807, 2.05) is 30.3 Å². The summed E-state index contributed by atoms with van der Waals surface area (Å²) < 4.78 is 12.4. The van der Waals surface area contributed by atoms with Crippen LogP contribution in [-0.2, 0) is 5.41 Å². The molecule has 0 radical (unpaired) electrons. The van der Waals surface area contributed by atoms with Crippen molar-refractivity contribution in [3.05, 3.63) is 58.1 Å². The fourth-order valence-electron chi connectivity index (χ4n) is 2.28. The van der Waals surface area contributed by atoms with Crippen LogP contribution >= 0.6 is 15.9 Å². The lowest BCUT2D eigenvalue weighted by Gasteiger charge is -2.19. The van der Waals surface area contributed by atoms with Crippen LogP contribution < -0.4 is 20.6 Å². The number of halogens is 1. The number of nitrogens with one attached hydrogen (secondary N) is 1. The van der Waals surface area contributed by atoms with E-state index in [4.69, 9.17) is 15.2 Å². The van der Waals surface area contributed by atoms with Crippen LogP contribution in [0.4, 0.5) is 4.79 Å². The van der Waals surface area contributed by atoms with Crippen LogP contribution in [0.3, 0.4) is 0 Å². The van der Waals surface area contributed by atoms with Gasteiger partial charge < -0.3 is 15.2 Å². The largest absolute Gasteiger partial charge is 0.490 e. The summed E-state index contributed by atoms with van der Waals surface area (Å²) in [6.07, 6.45) is 1.47. The maximum absolute atomic E-state index is 10.7. The Balaban J connectivity index is 1.89. The lowest BCUT2D eigenvalue weighted by atomic mass is 9.87. The van der Waals surface area contributed by atoms with Crippen molar-refractivity contribution >= 4 is 28.2 Å². The third-order valence-electron chi connectivity index (χ3n) is 3.68. The predicted octanol–water partition coefficient (Wildman–Crippen LogP) is 4.21. The fraction of sp³-hybridized carbons (Fsp3) is 0.300. The first-order valence-corrected chi connectivity index (χ1v) is 9.29. The molecule has 2 amide bonds. The standard InChI is InChI=1S/C20H24BrN3O3/c1-20(2,3)15-4-7-17(8-5-15)26-10-11-27-18-9-6-16(21)12-14(18)13-23-24-19(22)25/h4-9,12-13H,10-11H2,1-3H3,(H3,22,24,25)/b23-13+. The Morgan fingerprint density at radius 1 is 1.15 bits per heavy atom. The van der Waals surface area contributed by atoms with Crippen LogP contribution in [0.1, 0.15) is 31.9 Å². The van der Waals surface area contributed by atoms with Crippen LogP contribution in [0.5, 0.6) is 11.5 Å². The van der Waals surface area contributed by atoms with Gasteiger partial charge in [-0.05, 0) is 41.3 Å². The molecule has 144 valence electrons. The number of amides is 2. The van der Waals surface area contributed by atoms with Gasteiger partial charge in [0.1, 0.15) is 24.7 Å². The van der Waals surface area contributed by atoms with E-state index in [-0.39, 0.29) is 5.41 Å². The summed E-state index contributed by atoms with van der Waals surface area (Å²) in [6, 6.07) is 12.9. The Morgan fingerprint density at radius 3 is 2.44 bits per heavy atom. The second kappa shape index (κ2) is 9.41. The third-order valence-corrected chi connectivity index (χ3v) is 4.17. The Morgan fingerprint density at radius 2 is 1.81 bits per heavy atom. The highest BCUT2D eigenvalue weighted by Crippen LogP contribution is 2.24. The van der Waals surface area contributed by atoms with Crippen molar-refractivity contribution in [1.82, 2.24) is 5.43 Å². The quantitative estimate of drug-likeness (QED) is 0.389. The van der Waals surface area contributed by atoms with Crippen LogP contribution in [0.25, 0.3) is 0 Å². The number of primary amides is 1. The molecule has 27 heavy (non-hydrogen) atoms. The molecule has 0 bridgehead atoms. The van der Waals surface area contributed by atoms with Crippen molar-refractivity contribution in [2.45, 2.75) is 26.2 Å². The van der Waals surface area contributed by atoms with E-state index in [1.54, 1.807) is 0 Å². The van der Waals surface area contributed by atoms with Crippen molar-refractivity contribution in [3.8, 4) is 11.5 Å². The minimum Gasteiger partial charge on any atom is -0.490 e. The molecule has 0 saturated heterocycles. The summed E-state index contributed by atoms with van der Waals surface area (Å²) in [5, 5.41) is 3.77. The molecule has 0 aliphatic heterocycles. The average molecular weight is 434 g/mol. The smallest absolute Gasteiger partial charge is 0.332 e. The average Bonchev–Trinajstić information content (AvgIpc) is 2.59. The van der Waals surface area contributed by atoms with Gasteiger partial charge in [0.15, 0.2) is 0 Å². The highest BCUT2D eigenvalue weighted by molar-refractivity contribution is 9.10. The number of hydrogen-bond acceptors (Lipinski definition) is 4. The number of benzene rings is 2. The van der Waals surface area contributed by atoms with E-state index in [9.17, 15) is 4.79 Å². The van der Waals surface area contributed by atoms with Crippen LogP contribution in [-0.4, -0.2) is 25.5 Å². The van der Waals surface area contributed by atoms with Gasteiger partial charge >= 0.3 is 6.03 Å². The van der Waals surface area contributed by atoms with Gasteiger partial charge in [-0.3, -0.25) is 0 Å². The first kappa shape index (κ1) is 20.8. The topological polar surface area (TPSA) is 85.9 Å². The minimum absolute atomic E-state index is 0.116. The van der Waals surface area contributed by atoms with Gasteiger partial charge in [0, 0.05) is 10.0 Å². The Bertz CT molecular complexity index is 799. The molecule has 0 atom stereocenters. The monoisotopic (exact) mass is 433 g/mol. The van der Waals surface area contributed by atoms with E-state index < -0.39 is 6.03 Å². The zero-order valence-electron chi connectivity index (χ0n) is 15.7. The zero-order valence-corrected chi connectivity index (χ0v) is 17.2. The molecule has 2 aromatic rings.